The molecule has 0 bridgehead atoms. The van der Waals surface area contributed by atoms with Gasteiger partial charge in [-0.3, -0.25) is 0 Å². The summed E-state index contributed by atoms with van der Waals surface area (Å²) in [6.45, 7) is 6.30. The lowest BCUT2D eigenvalue weighted by molar-refractivity contribution is 0.569. The second-order valence-electron chi connectivity index (χ2n) is 11.0. The summed E-state index contributed by atoms with van der Waals surface area (Å²) >= 11 is 0. The van der Waals surface area contributed by atoms with Gasteiger partial charge in [-0.1, -0.05) is 89.5 Å². The first-order valence-electron chi connectivity index (χ1n) is 14.1. The molecule has 3 aromatic heterocycles. The largest absolute Gasteiger partial charge is 0.471 e. The molecule has 0 spiro atoms. The molecule has 0 saturated heterocycles. The first-order valence-corrected chi connectivity index (χ1v) is 14.1. The lowest BCUT2D eigenvalue weighted by Crippen LogP contribution is -1.88. The zero-order valence-electron chi connectivity index (χ0n) is 23.8. The van der Waals surface area contributed by atoms with Crippen LogP contribution in [0.3, 0.4) is 0 Å². The molecule has 0 fully saturated rings. The standard InChI is InChI=1S/C39H30O3/c1-25-4-10-28(11-5-25)34-19-40-22-37(34)31-16-32(38-23-41-20-35(38)29-12-6-26(2)7-13-29)18-33(17-31)39-24-42-21-36(39)30-14-8-27(3)9-15-30/h4-24H,1-3H3. The molecule has 3 heteroatoms. The van der Waals surface area contributed by atoms with Gasteiger partial charge in [0.1, 0.15) is 0 Å². The summed E-state index contributed by atoms with van der Waals surface area (Å²) < 4.78 is 17.5. The van der Waals surface area contributed by atoms with Gasteiger partial charge in [-0.2, -0.15) is 0 Å². The molecule has 7 rings (SSSR count). The minimum Gasteiger partial charge on any atom is -0.471 e. The van der Waals surface area contributed by atoms with Gasteiger partial charge in [0.05, 0.1) is 37.6 Å². The van der Waals surface area contributed by atoms with E-state index in [9.17, 15) is 0 Å². The van der Waals surface area contributed by atoms with E-state index >= 15 is 0 Å². The fraction of sp³-hybridized carbons (Fsp3) is 0.0769. The van der Waals surface area contributed by atoms with Crippen molar-refractivity contribution in [1.29, 1.82) is 0 Å². The minimum absolute atomic E-state index is 1.03. The number of aryl methyl sites for hydroxylation is 3. The predicted octanol–water partition coefficient (Wildman–Crippen LogP) is 11.4. The third-order valence-electron chi connectivity index (χ3n) is 7.94. The van der Waals surface area contributed by atoms with Crippen molar-refractivity contribution in [3.05, 3.63) is 145 Å². The van der Waals surface area contributed by atoms with Crippen LogP contribution in [0.25, 0.3) is 66.8 Å². The van der Waals surface area contributed by atoms with E-state index in [1.54, 1.807) is 0 Å². The Labute approximate surface area is 245 Å². The lowest BCUT2D eigenvalue weighted by Gasteiger charge is -2.12. The second kappa shape index (κ2) is 10.6. The maximum atomic E-state index is 5.82. The summed E-state index contributed by atoms with van der Waals surface area (Å²) in [4.78, 5) is 0. The topological polar surface area (TPSA) is 39.4 Å². The highest BCUT2D eigenvalue weighted by Crippen LogP contribution is 2.43. The zero-order chi connectivity index (χ0) is 28.6. The fourth-order valence-corrected chi connectivity index (χ4v) is 5.53. The van der Waals surface area contributed by atoms with Crippen LogP contribution in [0.5, 0.6) is 0 Å². The summed E-state index contributed by atoms with van der Waals surface area (Å²) in [6.07, 6.45) is 11.0. The van der Waals surface area contributed by atoms with Gasteiger partial charge in [0.25, 0.3) is 0 Å². The van der Waals surface area contributed by atoms with Crippen LogP contribution in [-0.4, -0.2) is 0 Å². The fourth-order valence-electron chi connectivity index (χ4n) is 5.53. The summed E-state index contributed by atoms with van der Waals surface area (Å²) in [5.74, 6) is 0. The van der Waals surface area contributed by atoms with Crippen LogP contribution >= 0.6 is 0 Å². The van der Waals surface area contributed by atoms with E-state index in [1.807, 2.05) is 37.6 Å². The Bertz CT molecular complexity index is 1730. The SMILES string of the molecule is Cc1ccc(-c2cocc2-c2cc(-c3cocc3-c3ccc(C)cc3)cc(-c3cocc3-c3ccc(C)cc3)c2)cc1. The highest BCUT2D eigenvalue weighted by Gasteiger charge is 2.19. The molecule has 0 amide bonds. The molecule has 0 aliphatic carbocycles. The van der Waals surface area contributed by atoms with Gasteiger partial charge in [0, 0.05) is 33.4 Å². The predicted molar refractivity (Wildman–Crippen MR) is 170 cm³/mol. The van der Waals surface area contributed by atoms with Crippen LogP contribution in [0, 0.1) is 20.8 Å². The van der Waals surface area contributed by atoms with E-state index in [0.29, 0.717) is 0 Å². The molecule has 3 heterocycles. The molecule has 0 atom stereocenters. The van der Waals surface area contributed by atoms with E-state index in [4.69, 9.17) is 13.3 Å². The van der Waals surface area contributed by atoms with Crippen molar-refractivity contribution in [1.82, 2.24) is 0 Å². The number of benzene rings is 4. The van der Waals surface area contributed by atoms with Crippen molar-refractivity contribution in [2.45, 2.75) is 20.8 Å². The third kappa shape index (κ3) is 4.80. The Kier molecular flexibility index (Phi) is 6.48. The number of hydrogen-bond acceptors (Lipinski definition) is 3. The van der Waals surface area contributed by atoms with Gasteiger partial charge in [0.2, 0.25) is 0 Å². The first kappa shape index (κ1) is 25.7. The van der Waals surface area contributed by atoms with Crippen molar-refractivity contribution in [3.63, 3.8) is 0 Å². The molecule has 0 aliphatic rings. The maximum absolute atomic E-state index is 5.82. The number of hydrogen-bond donors (Lipinski definition) is 0. The Hall–Kier alpha value is -5.28. The van der Waals surface area contributed by atoms with E-state index in [1.165, 1.54) is 16.7 Å². The molecule has 3 nitrogen and oxygen atoms in total. The van der Waals surface area contributed by atoms with Crippen molar-refractivity contribution in [3.8, 4) is 66.8 Å². The van der Waals surface area contributed by atoms with Crippen LogP contribution in [0.1, 0.15) is 16.7 Å². The maximum Gasteiger partial charge on any atom is 0.0987 e. The van der Waals surface area contributed by atoms with E-state index < -0.39 is 0 Å². The van der Waals surface area contributed by atoms with Gasteiger partial charge in [-0.15, -0.1) is 0 Å². The summed E-state index contributed by atoms with van der Waals surface area (Å²) in [6, 6.07) is 32.3. The highest BCUT2D eigenvalue weighted by molar-refractivity contribution is 5.93. The molecule has 0 saturated carbocycles. The quantitative estimate of drug-likeness (QED) is 0.208. The normalized spacial score (nSPS) is 11.2. The first-order chi connectivity index (χ1) is 20.5. The molecule has 0 radical (unpaired) electrons. The van der Waals surface area contributed by atoms with Gasteiger partial charge in [-0.25, -0.2) is 0 Å². The Morgan fingerprint density at radius 1 is 0.286 bits per heavy atom. The van der Waals surface area contributed by atoms with Gasteiger partial charge >= 0.3 is 0 Å². The van der Waals surface area contributed by atoms with Crippen LogP contribution in [0.15, 0.2) is 142 Å². The molecule has 204 valence electrons. The smallest absolute Gasteiger partial charge is 0.0987 e. The van der Waals surface area contributed by atoms with Crippen molar-refractivity contribution in [2.75, 3.05) is 0 Å². The van der Waals surface area contributed by atoms with Crippen LogP contribution in [-0.2, 0) is 0 Å². The average molecular weight is 547 g/mol. The number of rotatable bonds is 6. The third-order valence-corrected chi connectivity index (χ3v) is 7.94. The Morgan fingerprint density at radius 2 is 0.500 bits per heavy atom. The van der Waals surface area contributed by atoms with Crippen LogP contribution < -0.4 is 0 Å². The molecule has 0 N–H and O–H groups in total. The van der Waals surface area contributed by atoms with Gasteiger partial charge in [0.15, 0.2) is 0 Å². The monoisotopic (exact) mass is 546 g/mol. The average Bonchev–Trinajstić information content (AvgIpc) is 3.79. The lowest BCUT2D eigenvalue weighted by atomic mass is 9.89. The summed E-state index contributed by atoms with van der Waals surface area (Å²) in [5.41, 5.74) is 16.4. The molecule has 42 heavy (non-hydrogen) atoms. The second-order valence-corrected chi connectivity index (χ2v) is 11.0. The minimum atomic E-state index is 1.03. The molecule has 4 aromatic carbocycles. The molecular weight excluding hydrogens is 516 g/mol. The van der Waals surface area contributed by atoms with E-state index in [2.05, 4.69) is 112 Å². The molecule has 7 aromatic rings. The Balaban J connectivity index is 1.43. The Morgan fingerprint density at radius 3 is 0.738 bits per heavy atom. The van der Waals surface area contributed by atoms with Gasteiger partial charge in [-0.05, 0) is 72.4 Å². The number of furan rings is 3. The van der Waals surface area contributed by atoms with E-state index in [0.717, 1.165) is 66.8 Å². The van der Waals surface area contributed by atoms with Crippen molar-refractivity contribution < 1.29 is 13.3 Å². The van der Waals surface area contributed by atoms with Crippen LogP contribution in [0.2, 0.25) is 0 Å². The molecule has 0 unspecified atom stereocenters. The van der Waals surface area contributed by atoms with Crippen molar-refractivity contribution in [2.24, 2.45) is 0 Å². The van der Waals surface area contributed by atoms with Crippen molar-refractivity contribution >= 4 is 0 Å². The van der Waals surface area contributed by atoms with Gasteiger partial charge < -0.3 is 13.3 Å². The highest BCUT2D eigenvalue weighted by atomic mass is 16.3. The summed E-state index contributed by atoms with van der Waals surface area (Å²) in [5, 5.41) is 0. The van der Waals surface area contributed by atoms with Crippen LogP contribution in [0.4, 0.5) is 0 Å². The summed E-state index contributed by atoms with van der Waals surface area (Å²) in [7, 11) is 0. The van der Waals surface area contributed by atoms with E-state index in [-0.39, 0.29) is 0 Å². The molecular formula is C39H30O3. The molecule has 0 aliphatic heterocycles. The zero-order valence-corrected chi connectivity index (χ0v) is 23.8.